The largest absolute Gasteiger partial charge is 0.462 e. The molecule has 0 saturated carbocycles. The van der Waals surface area contributed by atoms with Gasteiger partial charge in [-0.2, -0.15) is 0 Å². The van der Waals surface area contributed by atoms with E-state index in [4.69, 9.17) is 14.2 Å². The third-order valence-corrected chi connectivity index (χ3v) is 12.2. The Kier molecular flexibility index (Phi) is 55.4. The van der Waals surface area contributed by atoms with Crippen LogP contribution in [0, 0.1) is 0 Å². The maximum absolute atomic E-state index is 12.9. The van der Waals surface area contributed by atoms with Crippen LogP contribution in [0.5, 0.6) is 0 Å². The molecule has 0 bridgehead atoms. The first kappa shape index (κ1) is 67.1. The summed E-state index contributed by atoms with van der Waals surface area (Å²) in [5, 5.41) is 0. The van der Waals surface area contributed by atoms with E-state index in [0.29, 0.717) is 19.3 Å². The van der Waals surface area contributed by atoms with E-state index in [0.717, 1.165) is 96.3 Å². The van der Waals surface area contributed by atoms with Gasteiger partial charge in [-0.15, -0.1) is 0 Å². The number of hydrogen-bond acceptors (Lipinski definition) is 6. The minimum atomic E-state index is -0.817. The number of unbranched alkanes of at least 4 members (excludes halogenated alkanes) is 23. The quantitative estimate of drug-likeness (QED) is 0.0261. The van der Waals surface area contributed by atoms with Gasteiger partial charge in [0.15, 0.2) is 6.10 Å². The number of hydrogen-bond donors (Lipinski definition) is 0. The summed E-state index contributed by atoms with van der Waals surface area (Å²) in [6, 6.07) is 0. The SMILES string of the molecule is CC/C=C\C/C=C\C/C=C\C/C=C\C/C=C\C/C=C\CCC(=O)OC[C@H](COC(=O)CCCCCCC/C=C\CCCCCCCC)OC(=O)CCCCCCCCCCC/C=C\C/C=C\CCCCC. The van der Waals surface area contributed by atoms with Crippen LogP contribution in [0.3, 0.4) is 0 Å². The average molecular weight is 986 g/mol. The normalized spacial score (nSPS) is 12.9. The topological polar surface area (TPSA) is 78.9 Å². The highest BCUT2D eigenvalue weighted by atomic mass is 16.6. The molecule has 0 aromatic rings. The number of carbonyl (C=O) groups excluding carboxylic acids is 3. The number of allylic oxidation sites excluding steroid dienone is 18. The highest BCUT2D eigenvalue weighted by Gasteiger charge is 2.19. The molecule has 1 atom stereocenters. The standard InChI is InChI=1S/C65H108O6/c1-4-7-10-13-16-19-22-25-28-30-32-34-37-40-43-46-49-52-55-58-64(67)70-61-62(60-69-63(66)57-54-51-48-45-42-39-36-27-24-21-18-15-12-9-6-3)71-65(68)59-56-53-50-47-44-41-38-35-33-31-29-26-23-20-17-14-11-8-5-2/h7,10,16-17,19-20,25-29,32,34,36,40,43,49,52,62H,4-6,8-9,11-15,18,21-24,30-31,33,35,37-39,41-42,44-48,50-51,53-61H2,1-3H3/b10-7-,19-16-,20-17-,28-25-,29-26-,34-32-,36-27-,43-40-,52-49-/t62-/m0/s1. The van der Waals surface area contributed by atoms with Crippen molar-refractivity contribution in [2.45, 2.75) is 271 Å². The number of esters is 3. The molecule has 0 aromatic carbocycles. The fourth-order valence-electron chi connectivity index (χ4n) is 7.85. The zero-order valence-electron chi connectivity index (χ0n) is 46.2. The minimum Gasteiger partial charge on any atom is -0.462 e. The number of rotatable bonds is 52. The van der Waals surface area contributed by atoms with Gasteiger partial charge in [0.1, 0.15) is 13.2 Å². The van der Waals surface area contributed by atoms with Gasteiger partial charge >= 0.3 is 17.9 Å². The summed E-state index contributed by atoms with van der Waals surface area (Å²) in [5.41, 5.74) is 0. The molecular weight excluding hydrogens is 877 g/mol. The summed E-state index contributed by atoms with van der Waals surface area (Å²) in [4.78, 5) is 38.2. The van der Waals surface area contributed by atoms with Crippen LogP contribution in [0.15, 0.2) is 109 Å². The first-order valence-electron chi connectivity index (χ1n) is 29.4. The van der Waals surface area contributed by atoms with Gasteiger partial charge in [0, 0.05) is 19.3 Å². The first-order valence-corrected chi connectivity index (χ1v) is 29.4. The van der Waals surface area contributed by atoms with Gasteiger partial charge in [0.2, 0.25) is 0 Å². The summed E-state index contributed by atoms with van der Waals surface area (Å²) in [5.74, 6) is -1.01. The highest BCUT2D eigenvalue weighted by Crippen LogP contribution is 2.14. The minimum absolute atomic E-state index is 0.108. The summed E-state index contributed by atoms with van der Waals surface area (Å²) in [6.07, 6.45) is 79.4. The van der Waals surface area contributed by atoms with Crippen molar-refractivity contribution in [2.24, 2.45) is 0 Å². The number of ether oxygens (including phenoxy) is 3. The van der Waals surface area contributed by atoms with Crippen molar-refractivity contribution in [3.05, 3.63) is 109 Å². The predicted molar refractivity (Wildman–Crippen MR) is 307 cm³/mol. The van der Waals surface area contributed by atoms with E-state index in [-0.39, 0.29) is 37.5 Å². The van der Waals surface area contributed by atoms with Crippen molar-refractivity contribution in [2.75, 3.05) is 13.2 Å². The molecule has 0 N–H and O–H groups in total. The molecule has 0 aliphatic rings. The van der Waals surface area contributed by atoms with Crippen molar-refractivity contribution >= 4 is 17.9 Å². The molecule has 71 heavy (non-hydrogen) atoms. The molecule has 6 nitrogen and oxygen atoms in total. The molecular formula is C65H108O6. The van der Waals surface area contributed by atoms with Gasteiger partial charge in [-0.25, -0.2) is 0 Å². The van der Waals surface area contributed by atoms with Crippen LogP contribution >= 0.6 is 0 Å². The fourth-order valence-corrected chi connectivity index (χ4v) is 7.85. The Morgan fingerprint density at radius 1 is 0.296 bits per heavy atom. The lowest BCUT2D eigenvalue weighted by atomic mass is 10.1. The Morgan fingerprint density at radius 2 is 0.577 bits per heavy atom. The van der Waals surface area contributed by atoms with E-state index >= 15 is 0 Å². The van der Waals surface area contributed by atoms with Crippen LogP contribution in [0.25, 0.3) is 0 Å². The second kappa shape index (κ2) is 58.6. The summed E-state index contributed by atoms with van der Waals surface area (Å²) in [6.45, 7) is 6.43. The third kappa shape index (κ3) is 56.9. The van der Waals surface area contributed by atoms with Crippen LogP contribution in [-0.4, -0.2) is 37.2 Å². The van der Waals surface area contributed by atoms with Crippen LogP contribution in [0.1, 0.15) is 265 Å². The van der Waals surface area contributed by atoms with E-state index < -0.39 is 6.10 Å². The lowest BCUT2D eigenvalue weighted by molar-refractivity contribution is -0.166. The zero-order valence-corrected chi connectivity index (χ0v) is 46.2. The molecule has 0 rings (SSSR count). The van der Waals surface area contributed by atoms with Crippen molar-refractivity contribution in [1.82, 2.24) is 0 Å². The van der Waals surface area contributed by atoms with Gasteiger partial charge in [0.05, 0.1) is 0 Å². The van der Waals surface area contributed by atoms with Gasteiger partial charge in [-0.3, -0.25) is 14.4 Å². The van der Waals surface area contributed by atoms with Gasteiger partial charge < -0.3 is 14.2 Å². The maximum Gasteiger partial charge on any atom is 0.306 e. The lowest BCUT2D eigenvalue weighted by Crippen LogP contribution is -2.30. The molecule has 0 heterocycles. The van der Waals surface area contributed by atoms with E-state index in [2.05, 4.69) is 124 Å². The molecule has 0 aliphatic carbocycles. The maximum atomic E-state index is 12.9. The lowest BCUT2D eigenvalue weighted by Gasteiger charge is -2.18. The van der Waals surface area contributed by atoms with E-state index in [9.17, 15) is 14.4 Å². The van der Waals surface area contributed by atoms with Crippen LogP contribution in [0.2, 0.25) is 0 Å². The second-order valence-electron chi connectivity index (χ2n) is 19.2. The monoisotopic (exact) mass is 985 g/mol. The second-order valence-corrected chi connectivity index (χ2v) is 19.2. The van der Waals surface area contributed by atoms with Crippen molar-refractivity contribution in [3.63, 3.8) is 0 Å². The Balaban J connectivity index is 4.51. The summed E-state index contributed by atoms with van der Waals surface area (Å²) >= 11 is 0. The molecule has 0 aromatic heterocycles. The van der Waals surface area contributed by atoms with Crippen LogP contribution in [0.4, 0.5) is 0 Å². The van der Waals surface area contributed by atoms with Gasteiger partial charge in [-0.1, -0.05) is 239 Å². The molecule has 0 fully saturated rings. The van der Waals surface area contributed by atoms with Gasteiger partial charge in [0.25, 0.3) is 0 Å². The van der Waals surface area contributed by atoms with E-state index in [1.807, 2.05) is 6.08 Å². The summed E-state index contributed by atoms with van der Waals surface area (Å²) < 4.78 is 16.8. The van der Waals surface area contributed by atoms with Crippen molar-refractivity contribution < 1.29 is 28.6 Å². The Morgan fingerprint density at radius 3 is 0.986 bits per heavy atom. The van der Waals surface area contributed by atoms with Crippen molar-refractivity contribution in [1.29, 1.82) is 0 Å². The van der Waals surface area contributed by atoms with Crippen LogP contribution in [-0.2, 0) is 28.6 Å². The third-order valence-electron chi connectivity index (χ3n) is 12.2. The van der Waals surface area contributed by atoms with Gasteiger partial charge in [-0.05, 0) is 116 Å². The molecule has 0 aliphatic heterocycles. The zero-order chi connectivity index (χ0) is 51.4. The smallest absolute Gasteiger partial charge is 0.306 e. The molecule has 0 radical (unpaired) electrons. The Hall–Kier alpha value is -3.93. The fraction of sp³-hybridized carbons (Fsp3) is 0.677. The van der Waals surface area contributed by atoms with Crippen LogP contribution < -0.4 is 0 Å². The number of carbonyl (C=O) groups is 3. The highest BCUT2D eigenvalue weighted by molar-refractivity contribution is 5.71. The molecule has 0 saturated heterocycles. The predicted octanol–water partition coefficient (Wildman–Crippen LogP) is 19.9. The summed E-state index contributed by atoms with van der Waals surface area (Å²) in [7, 11) is 0. The molecule has 0 spiro atoms. The molecule has 0 unspecified atom stereocenters. The first-order chi connectivity index (χ1) is 35.0. The Bertz CT molecular complexity index is 1460. The van der Waals surface area contributed by atoms with E-state index in [1.165, 1.54) is 122 Å². The average Bonchev–Trinajstić information content (AvgIpc) is 3.37. The molecule has 404 valence electrons. The Labute approximate surface area is 438 Å². The van der Waals surface area contributed by atoms with Crippen molar-refractivity contribution in [3.8, 4) is 0 Å². The van der Waals surface area contributed by atoms with E-state index in [1.54, 1.807) is 0 Å². The molecule has 6 heteroatoms. The molecule has 0 amide bonds.